The number of aldehydes is 1. The lowest BCUT2D eigenvalue weighted by Crippen LogP contribution is -2.47. The summed E-state index contributed by atoms with van der Waals surface area (Å²) in [6, 6.07) is 7.84. The molecule has 0 heterocycles. The van der Waals surface area contributed by atoms with E-state index in [4.69, 9.17) is 4.74 Å². The van der Waals surface area contributed by atoms with Crippen LogP contribution in [0.25, 0.3) is 0 Å². The summed E-state index contributed by atoms with van der Waals surface area (Å²) in [6.07, 6.45) is -0.0755. The SMILES string of the molecule is C[C@H](C=O)NC(=O)[C@H](C)NC(=O)OCc1ccccc1. The summed E-state index contributed by atoms with van der Waals surface area (Å²) >= 11 is 0. The van der Waals surface area contributed by atoms with Crippen molar-refractivity contribution in [3.8, 4) is 0 Å². The molecule has 0 saturated heterocycles. The number of nitrogens with one attached hydrogen (secondary N) is 2. The van der Waals surface area contributed by atoms with Crippen LogP contribution in [0, 0.1) is 0 Å². The topological polar surface area (TPSA) is 84.5 Å². The van der Waals surface area contributed by atoms with Gasteiger partial charge in [-0.15, -0.1) is 0 Å². The molecule has 0 aliphatic rings. The molecule has 0 spiro atoms. The fourth-order valence-corrected chi connectivity index (χ4v) is 1.39. The van der Waals surface area contributed by atoms with E-state index >= 15 is 0 Å². The Hall–Kier alpha value is -2.37. The van der Waals surface area contributed by atoms with E-state index < -0.39 is 24.1 Å². The van der Waals surface area contributed by atoms with Crippen LogP contribution in [0.3, 0.4) is 0 Å². The van der Waals surface area contributed by atoms with Crippen LogP contribution < -0.4 is 10.6 Å². The first-order chi connectivity index (χ1) is 9.52. The quantitative estimate of drug-likeness (QED) is 0.760. The Bertz CT molecular complexity index is 462. The maximum absolute atomic E-state index is 11.6. The standard InChI is InChI=1S/C14H18N2O4/c1-10(8-17)15-13(18)11(2)16-14(19)20-9-12-6-4-3-5-7-12/h3-8,10-11H,9H2,1-2H3,(H,15,18)(H,16,19)/t10-,11+/m1/s1. The lowest BCUT2D eigenvalue weighted by Gasteiger charge is -2.15. The predicted octanol–water partition coefficient (Wildman–Crippen LogP) is 1.00. The third-order valence-corrected chi connectivity index (χ3v) is 2.51. The number of hydrogen-bond acceptors (Lipinski definition) is 4. The molecule has 2 atom stereocenters. The second-order valence-corrected chi connectivity index (χ2v) is 4.36. The zero-order valence-electron chi connectivity index (χ0n) is 11.5. The molecule has 0 aliphatic carbocycles. The Balaban J connectivity index is 2.34. The Kier molecular flexibility index (Phi) is 6.22. The average molecular weight is 278 g/mol. The monoisotopic (exact) mass is 278 g/mol. The fraction of sp³-hybridized carbons (Fsp3) is 0.357. The summed E-state index contributed by atoms with van der Waals surface area (Å²) in [7, 11) is 0. The van der Waals surface area contributed by atoms with Crippen LogP contribution in [0.2, 0.25) is 0 Å². The molecule has 108 valence electrons. The average Bonchev–Trinajstić information content (AvgIpc) is 2.45. The van der Waals surface area contributed by atoms with Gasteiger partial charge >= 0.3 is 6.09 Å². The zero-order chi connectivity index (χ0) is 15.0. The highest BCUT2D eigenvalue weighted by Gasteiger charge is 2.17. The number of amides is 2. The van der Waals surface area contributed by atoms with Gasteiger partial charge in [-0.05, 0) is 19.4 Å². The van der Waals surface area contributed by atoms with Crippen molar-refractivity contribution in [3.63, 3.8) is 0 Å². The summed E-state index contributed by atoms with van der Waals surface area (Å²) in [5.41, 5.74) is 0.856. The molecule has 1 rings (SSSR count). The molecule has 1 aromatic rings. The van der Waals surface area contributed by atoms with Crippen LogP contribution >= 0.6 is 0 Å². The lowest BCUT2D eigenvalue weighted by molar-refractivity contribution is -0.125. The summed E-state index contributed by atoms with van der Waals surface area (Å²) in [4.78, 5) is 33.5. The molecule has 2 N–H and O–H groups in total. The molecule has 0 bridgehead atoms. The summed E-state index contributed by atoms with van der Waals surface area (Å²) in [6.45, 7) is 3.19. The normalized spacial score (nSPS) is 12.9. The molecular formula is C14H18N2O4. The summed E-state index contributed by atoms with van der Waals surface area (Å²) in [5.74, 6) is -0.443. The summed E-state index contributed by atoms with van der Waals surface area (Å²) in [5, 5.41) is 4.82. The first kappa shape index (κ1) is 15.7. The van der Waals surface area contributed by atoms with Crippen LogP contribution in [0.1, 0.15) is 19.4 Å². The number of carbonyl (C=O) groups excluding carboxylic acids is 3. The minimum Gasteiger partial charge on any atom is -0.445 e. The molecule has 0 unspecified atom stereocenters. The second kappa shape index (κ2) is 7.93. The first-order valence-corrected chi connectivity index (χ1v) is 6.26. The van der Waals surface area contributed by atoms with E-state index in [0.717, 1.165) is 5.56 Å². The lowest BCUT2D eigenvalue weighted by atomic mass is 10.2. The van der Waals surface area contributed by atoms with Gasteiger partial charge in [0.1, 0.15) is 18.9 Å². The van der Waals surface area contributed by atoms with E-state index in [1.807, 2.05) is 30.3 Å². The highest BCUT2D eigenvalue weighted by atomic mass is 16.5. The number of benzene rings is 1. The van der Waals surface area contributed by atoms with Crippen molar-refractivity contribution >= 4 is 18.3 Å². The largest absolute Gasteiger partial charge is 0.445 e. The van der Waals surface area contributed by atoms with Gasteiger partial charge in [-0.3, -0.25) is 4.79 Å². The smallest absolute Gasteiger partial charge is 0.408 e. The van der Waals surface area contributed by atoms with E-state index in [-0.39, 0.29) is 6.61 Å². The number of rotatable bonds is 6. The van der Waals surface area contributed by atoms with Gasteiger partial charge in [0, 0.05) is 0 Å². The van der Waals surface area contributed by atoms with Crippen molar-refractivity contribution in [3.05, 3.63) is 35.9 Å². The molecule has 0 fully saturated rings. The molecule has 2 amide bonds. The van der Waals surface area contributed by atoms with Gasteiger partial charge in [0.05, 0.1) is 6.04 Å². The fourth-order valence-electron chi connectivity index (χ4n) is 1.39. The Morgan fingerprint density at radius 2 is 1.85 bits per heavy atom. The van der Waals surface area contributed by atoms with Crippen molar-refractivity contribution in [2.24, 2.45) is 0 Å². The predicted molar refractivity (Wildman–Crippen MR) is 72.9 cm³/mol. The highest BCUT2D eigenvalue weighted by molar-refractivity contribution is 5.86. The van der Waals surface area contributed by atoms with Gasteiger partial charge in [0.25, 0.3) is 0 Å². The molecule has 0 aliphatic heterocycles. The van der Waals surface area contributed by atoms with Gasteiger partial charge < -0.3 is 20.2 Å². The molecule has 0 saturated carbocycles. The van der Waals surface area contributed by atoms with Crippen molar-refractivity contribution in [2.75, 3.05) is 0 Å². The van der Waals surface area contributed by atoms with E-state index in [2.05, 4.69) is 10.6 Å². The van der Waals surface area contributed by atoms with Gasteiger partial charge in [-0.2, -0.15) is 0 Å². The third-order valence-electron chi connectivity index (χ3n) is 2.51. The number of hydrogen-bond donors (Lipinski definition) is 2. The van der Waals surface area contributed by atoms with E-state index in [1.54, 1.807) is 6.92 Å². The van der Waals surface area contributed by atoms with Gasteiger partial charge in [0.15, 0.2) is 0 Å². The van der Waals surface area contributed by atoms with Crippen LogP contribution in [-0.2, 0) is 20.9 Å². The van der Waals surface area contributed by atoms with Crippen LogP contribution in [0.15, 0.2) is 30.3 Å². The van der Waals surface area contributed by atoms with E-state index in [9.17, 15) is 14.4 Å². The maximum Gasteiger partial charge on any atom is 0.408 e. The minimum atomic E-state index is -0.777. The second-order valence-electron chi connectivity index (χ2n) is 4.36. The zero-order valence-corrected chi connectivity index (χ0v) is 11.5. The van der Waals surface area contributed by atoms with Gasteiger partial charge in [-0.25, -0.2) is 4.79 Å². The number of alkyl carbamates (subject to hydrolysis) is 1. The van der Waals surface area contributed by atoms with Gasteiger partial charge in [0.2, 0.25) is 5.91 Å². The third kappa shape index (κ3) is 5.51. The molecule has 0 aromatic heterocycles. The van der Waals surface area contributed by atoms with Crippen molar-refractivity contribution in [1.29, 1.82) is 0 Å². The van der Waals surface area contributed by atoms with E-state index in [0.29, 0.717) is 6.29 Å². The maximum atomic E-state index is 11.6. The Morgan fingerprint density at radius 3 is 2.45 bits per heavy atom. The Morgan fingerprint density at radius 1 is 1.20 bits per heavy atom. The van der Waals surface area contributed by atoms with Crippen LogP contribution in [0.5, 0.6) is 0 Å². The van der Waals surface area contributed by atoms with Crippen molar-refractivity contribution in [2.45, 2.75) is 32.5 Å². The molecule has 0 radical (unpaired) electrons. The first-order valence-electron chi connectivity index (χ1n) is 6.26. The van der Waals surface area contributed by atoms with Crippen molar-refractivity contribution < 1.29 is 19.1 Å². The van der Waals surface area contributed by atoms with Crippen molar-refractivity contribution in [1.82, 2.24) is 10.6 Å². The molecular weight excluding hydrogens is 260 g/mol. The molecule has 1 aromatic carbocycles. The van der Waals surface area contributed by atoms with Gasteiger partial charge in [-0.1, -0.05) is 30.3 Å². The van der Waals surface area contributed by atoms with Crippen LogP contribution in [-0.4, -0.2) is 30.4 Å². The molecule has 6 nitrogen and oxygen atoms in total. The summed E-state index contributed by atoms with van der Waals surface area (Å²) < 4.78 is 4.98. The van der Waals surface area contributed by atoms with Crippen LogP contribution in [0.4, 0.5) is 4.79 Å². The molecule has 20 heavy (non-hydrogen) atoms. The Labute approximate surface area is 117 Å². The molecule has 6 heteroatoms. The van der Waals surface area contributed by atoms with E-state index in [1.165, 1.54) is 6.92 Å². The minimum absolute atomic E-state index is 0.131. The highest BCUT2D eigenvalue weighted by Crippen LogP contribution is 2.00. The number of ether oxygens (including phenoxy) is 1. The number of carbonyl (C=O) groups is 3.